The van der Waals surface area contributed by atoms with Gasteiger partial charge in [0.05, 0.1) is 39.2 Å². The maximum atomic E-state index is 13.3. The van der Waals surface area contributed by atoms with Crippen molar-refractivity contribution in [3.8, 4) is 0 Å². The van der Waals surface area contributed by atoms with E-state index >= 15 is 0 Å². The number of anilines is 2. The number of rotatable bonds is 5. The second-order valence-corrected chi connectivity index (χ2v) is 7.03. The lowest BCUT2D eigenvalue weighted by atomic mass is 10.0. The summed E-state index contributed by atoms with van der Waals surface area (Å²) in [5.74, 6) is -4.25. The molecule has 0 unspecified atom stereocenters. The number of hydrogen-bond acceptors (Lipinski definition) is 3. The molecule has 3 aromatic carbocycles. The molecule has 0 bridgehead atoms. The van der Waals surface area contributed by atoms with E-state index in [4.69, 9.17) is 0 Å². The number of carboxylic acids is 1. The number of amides is 2. The van der Waals surface area contributed by atoms with Crippen LogP contribution in [-0.2, 0) is 12.4 Å². The summed E-state index contributed by atoms with van der Waals surface area (Å²) in [6, 6.07) is 10.7. The van der Waals surface area contributed by atoms with Crippen molar-refractivity contribution in [2.45, 2.75) is 12.4 Å². The van der Waals surface area contributed by atoms with Crippen molar-refractivity contribution in [2.24, 2.45) is 0 Å². The molecule has 0 aliphatic rings. The fraction of sp³-hybridized carbons (Fsp3) is 0.0870. The Hall–Kier alpha value is -4.35. The maximum absolute atomic E-state index is 13.3. The zero-order valence-electron chi connectivity index (χ0n) is 17.3. The van der Waals surface area contributed by atoms with Crippen molar-refractivity contribution in [3.05, 3.63) is 94.5 Å². The van der Waals surface area contributed by atoms with Gasteiger partial charge in [-0.2, -0.15) is 26.3 Å². The highest BCUT2D eigenvalue weighted by Crippen LogP contribution is 2.35. The number of carbonyl (C=O) groups is 3. The van der Waals surface area contributed by atoms with E-state index in [1.807, 2.05) is 5.32 Å². The van der Waals surface area contributed by atoms with Crippen LogP contribution in [0.5, 0.6) is 0 Å². The van der Waals surface area contributed by atoms with Crippen LogP contribution in [0.1, 0.15) is 42.2 Å². The van der Waals surface area contributed by atoms with Crippen molar-refractivity contribution in [1.82, 2.24) is 0 Å². The Kier molecular flexibility index (Phi) is 6.85. The molecule has 3 rings (SSSR count). The van der Waals surface area contributed by atoms with Gasteiger partial charge < -0.3 is 15.7 Å². The van der Waals surface area contributed by atoms with E-state index in [0.29, 0.717) is 12.1 Å². The monoisotopic (exact) mass is 496 g/mol. The number of halogens is 6. The van der Waals surface area contributed by atoms with Crippen molar-refractivity contribution < 1.29 is 45.8 Å². The van der Waals surface area contributed by atoms with Crippen LogP contribution in [0.2, 0.25) is 0 Å². The van der Waals surface area contributed by atoms with E-state index in [1.165, 1.54) is 6.07 Å². The van der Waals surface area contributed by atoms with Crippen LogP contribution in [0.3, 0.4) is 0 Å². The normalized spacial score (nSPS) is 11.6. The first-order valence-electron chi connectivity index (χ1n) is 9.62. The van der Waals surface area contributed by atoms with E-state index in [0.717, 1.165) is 48.5 Å². The highest BCUT2D eigenvalue weighted by Gasteiger charge is 2.36. The lowest BCUT2D eigenvalue weighted by Crippen LogP contribution is -2.23. The maximum Gasteiger partial charge on any atom is 0.417 e. The number of para-hydroxylation sites is 1. The number of aromatic carboxylic acids is 1. The average molecular weight is 496 g/mol. The zero-order valence-corrected chi connectivity index (χ0v) is 17.3. The van der Waals surface area contributed by atoms with Gasteiger partial charge in [0, 0.05) is 0 Å². The minimum absolute atomic E-state index is 0.440. The van der Waals surface area contributed by atoms with E-state index in [-0.39, 0.29) is 0 Å². The van der Waals surface area contributed by atoms with Gasteiger partial charge in [0.2, 0.25) is 0 Å². The quantitative estimate of drug-likeness (QED) is 0.382. The minimum Gasteiger partial charge on any atom is -0.478 e. The number of benzene rings is 3. The molecule has 182 valence electrons. The molecule has 12 heteroatoms. The largest absolute Gasteiger partial charge is 0.478 e. The third kappa shape index (κ3) is 5.60. The molecule has 35 heavy (non-hydrogen) atoms. The molecule has 0 fully saturated rings. The standard InChI is InChI=1S/C23H14F6N2O4/c24-22(25,26)15-9-3-1-6-12(15)19(32)30-17-11-5-8-14(21(34)35)18(17)31-20(33)13-7-2-4-10-16(13)23(27,28)29/h1-11H,(H,30,32)(H,31,33)(H,34,35). The highest BCUT2D eigenvalue weighted by atomic mass is 19.4. The SMILES string of the molecule is O=C(Nc1cccc(C(=O)O)c1NC(=O)c1ccccc1C(F)(F)F)c1ccccc1C(F)(F)F. The van der Waals surface area contributed by atoms with Gasteiger partial charge in [0.25, 0.3) is 11.8 Å². The van der Waals surface area contributed by atoms with E-state index in [9.17, 15) is 45.8 Å². The molecule has 0 radical (unpaired) electrons. The number of carboxylic acid groups (broad SMARTS) is 1. The molecule has 0 saturated carbocycles. The summed E-state index contributed by atoms with van der Waals surface area (Å²) in [6.45, 7) is 0. The third-order valence-electron chi connectivity index (χ3n) is 4.74. The number of nitrogens with one attached hydrogen (secondary N) is 2. The van der Waals surface area contributed by atoms with Gasteiger partial charge >= 0.3 is 18.3 Å². The van der Waals surface area contributed by atoms with Gasteiger partial charge in [-0.15, -0.1) is 0 Å². The number of carbonyl (C=O) groups excluding carboxylic acids is 2. The summed E-state index contributed by atoms with van der Waals surface area (Å²) < 4.78 is 79.8. The zero-order chi connectivity index (χ0) is 26.0. The van der Waals surface area contributed by atoms with E-state index < -0.39 is 69.3 Å². The lowest BCUT2D eigenvalue weighted by Gasteiger charge is -2.18. The van der Waals surface area contributed by atoms with E-state index in [2.05, 4.69) is 5.32 Å². The summed E-state index contributed by atoms with van der Waals surface area (Å²) in [5.41, 5.74) is -5.86. The second-order valence-electron chi connectivity index (χ2n) is 7.03. The molecule has 3 N–H and O–H groups in total. The van der Waals surface area contributed by atoms with Gasteiger partial charge in [0.15, 0.2) is 0 Å². The molecule has 0 heterocycles. The van der Waals surface area contributed by atoms with Gasteiger partial charge in [-0.3, -0.25) is 9.59 Å². The highest BCUT2D eigenvalue weighted by molar-refractivity contribution is 6.14. The fourth-order valence-corrected chi connectivity index (χ4v) is 3.20. The van der Waals surface area contributed by atoms with Crippen LogP contribution in [0.15, 0.2) is 66.7 Å². The molecule has 6 nitrogen and oxygen atoms in total. The molecular weight excluding hydrogens is 482 g/mol. The van der Waals surface area contributed by atoms with Crippen molar-refractivity contribution in [3.63, 3.8) is 0 Å². The molecule has 0 aliphatic heterocycles. The molecule has 0 saturated heterocycles. The Bertz CT molecular complexity index is 1300. The Morgan fingerprint density at radius 1 is 0.600 bits per heavy atom. The first kappa shape index (κ1) is 25.3. The lowest BCUT2D eigenvalue weighted by molar-refractivity contribution is -0.138. The van der Waals surface area contributed by atoms with Crippen molar-refractivity contribution >= 4 is 29.2 Å². The summed E-state index contributed by atoms with van der Waals surface area (Å²) in [7, 11) is 0. The predicted octanol–water partition coefficient (Wildman–Crippen LogP) is 5.93. The molecule has 2 amide bonds. The molecule has 3 aromatic rings. The first-order valence-corrected chi connectivity index (χ1v) is 9.62. The molecule has 0 spiro atoms. The van der Waals surface area contributed by atoms with Crippen molar-refractivity contribution in [1.29, 1.82) is 0 Å². The van der Waals surface area contributed by atoms with Crippen LogP contribution in [0.25, 0.3) is 0 Å². The summed E-state index contributed by atoms with van der Waals surface area (Å²) in [6.07, 6.45) is -9.78. The van der Waals surface area contributed by atoms with Crippen LogP contribution in [0.4, 0.5) is 37.7 Å². The Balaban J connectivity index is 2.04. The molecular formula is C23H14F6N2O4. The van der Waals surface area contributed by atoms with Gasteiger partial charge in [-0.05, 0) is 36.4 Å². The molecule has 0 aliphatic carbocycles. The van der Waals surface area contributed by atoms with Crippen LogP contribution in [-0.4, -0.2) is 22.9 Å². The number of hydrogen-bond donors (Lipinski definition) is 3. The average Bonchev–Trinajstić information content (AvgIpc) is 2.78. The molecule has 0 atom stereocenters. The Morgan fingerprint density at radius 3 is 1.49 bits per heavy atom. The smallest absolute Gasteiger partial charge is 0.417 e. The Labute approximate surface area is 193 Å². The summed E-state index contributed by atoms with van der Waals surface area (Å²) in [5, 5.41) is 13.6. The summed E-state index contributed by atoms with van der Waals surface area (Å²) in [4.78, 5) is 37.0. The van der Waals surface area contributed by atoms with Crippen LogP contribution < -0.4 is 10.6 Å². The summed E-state index contributed by atoms with van der Waals surface area (Å²) >= 11 is 0. The van der Waals surface area contributed by atoms with Crippen LogP contribution in [0, 0.1) is 0 Å². The Morgan fingerprint density at radius 2 is 1.03 bits per heavy atom. The first-order chi connectivity index (χ1) is 16.3. The van der Waals surface area contributed by atoms with E-state index in [1.54, 1.807) is 0 Å². The minimum atomic E-state index is -4.90. The third-order valence-corrected chi connectivity index (χ3v) is 4.74. The molecule has 0 aromatic heterocycles. The van der Waals surface area contributed by atoms with Crippen LogP contribution >= 0.6 is 0 Å². The predicted molar refractivity (Wildman–Crippen MR) is 112 cm³/mol. The topological polar surface area (TPSA) is 95.5 Å². The fourth-order valence-electron chi connectivity index (χ4n) is 3.20. The van der Waals surface area contributed by atoms with Gasteiger partial charge in [-0.25, -0.2) is 4.79 Å². The second kappa shape index (κ2) is 9.49. The van der Waals surface area contributed by atoms with Crippen molar-refractivity contribution in [2.75, 3.05) is 10.6 Å². The number of alkyl halides is 6. The van der Waals surface area contributed by atoms with Gasteiger partial charge in [0.1, 0.15) is 0 Å². The van der Waals surface area contributed by atoms with Gasteiger partial charge in [-0.1, -0.05) is 30.3 Å².